The van der Waals surface area contributed by atoms with Gasteiger partial charge in [-0.2, -0.15) is 5.10 Å². The van der Waals surface area contributed by atoms with Gasteiger partial charge in [-0.15, -0.1) is 0 Å². The van der Waals surface area contributed by atoms with Crippen molar-refractivity contribution in [3.8, 4) is 22.9 Å². The third-order valence-corrected chi connectivity index (χ3v) is 4.95. The van der Waals surface area contributed by atoms with E-state index in [4.69, 9.17) is 27.9 Å². The largest absolute Gasteiger partial charge is 0.504 e. The van der Waals surface area contributed by atoms with Crippen LogP contribution in [-0.2, 0) is 0 Å². The average Bonchev–Trinajstić information content (AvgIpc) is 2.74. The number of benzene rings is 3. The van der Waals surface area contributed by atoms with Crippen LogP contribution in [0.3, 0.4) is 0 Å². The minimum Gasteiger partial charge on any atom is -0.504 e. The maximum Gasteiger partial charge on any atom is 0.166 e. The third-order valence-electron chi connectivity index (χ3n) is 4.40. The lowest BCUT2D eigenvalue weighted by Crippen LogP contribution is -2.00. The Bertz CT molecular complexity index is 1260. The van der Waals surface area contributed by atoms with Gasteiger partial charge in [-0.1, -0.05) is 41.4 Å². The second kappa shape index (κ2) is 8.57. The summed E-state index contributed by atoms with van der Waals surface area (Å²) in [6.45, 7) is 0. The van der Waals surface area contributed by atoms with Crippen molar-refractivity contribution < 1.29 is 9.84 Å². The molecule has 0 amide bonds. The molecule has 1 heterocycles. The molecule has 0 bridgehead atoms. The molecule has 3 aromatic carbocycles. The summed E-state index contributed by atoms with van der Waals surface area (Å²) in [5, 5.41) is 16.2. The number of fused-ring (bicyclic) bond motifs is 1. The molecule has 1 aromatic heterocycles. The van der Waals surface area contributed by atoms with E-state index in [1.165, 1.54) is 13.3 Å². The number of hydrogen-bond donors (Lipinski definition) is 2. The number of nitrogens with zero attached hydrogens (tertiary/aromatic N) is 3. The molecular formula is C22H16Cl2N4O2. The Morgan fingerprint density at radius 3 is 2.67 bits per heavy atom. The lowest BCUT2D eigenvalue weighted by Gasteiger charge is -2.09. The van der Waals surface area contributed by atoms with Gasteiger partial charge in [0.05, 0.1) is 23.9 Å². The standard InChI is InChI=1S/C22H16Cl2N4O2/c1-30-19-8-4-5-13(20(19)29)12-25-28-22-16-6-2-3-7-18(16)26-21(27-22)15-10-9-14(23)11-17(15)24/h2-12,29H,1H3,(H,26,27,28)/b25-12+. The second-order valence-corrected chi connectivity index (χ2v) is 7.15. The number of halogens is 2. The lowest BCUT2D eigenvalue weighted by molar-refractivity contribution is 0.373. The van der Waals surface area contributed by atoms with Gasteiger partial charge in [0, 0.05) is 21.5 Å². The van der Waals surface area contributed by atoms with Gasteiger partial charge in [0.25, 0.3) is 0 Å². The quantitative estimate of drug-likeness (QED) is 0.305. The molecule has 6 nitrogen and oxygen atoms in total. The molecular weight excluding hydrogens is 423 g/mol. The molecule has 8 heteroatoms. The van der Waals surface area contributed by atoms with Gasteiger partial charge in [0.2, 0.25) is 0 Å². The number of hydrazone groups is 1. The first-order chi connectivity index (χ1) is 14.6. The summed E-state index contributed by atoms with van der Waals surface area (Å²) in [6.07, 6.45) is 1.49. The van der Waals surface area contributed by atoms with E-state index < -0.39 is 0 Å². The SMILES string of the molecule is COc1cccc(/C=N/Nc2nc(-c3ccc(Cl)cc3Cl)nc3ccccc23)c1O. The summed E-state index contributed by atoms with van der Waals surface area (Å²) in [7, 11) is 1.49. The van der Waals surface area contributed by atoms with Crippen molar-refractivity contribution in [3.05, 3.63) is 76.3 Å². The molecule has 0 unspecified atom stereocenters. The van der Waals surface area contributed by atoms with E-state index in [1.54, 1.807) is 36.4 Å². The van der Waals surface area contributed by atoms with Crippen molar-refractivity contribution in [2.45, 2.75) is 0 Å². The Morgan fingerprint density at radius 2 is 1.87 bits per heavy atom. The number of aromatic hydroxyl groups is 1. The van der Waals surface area contributed by atoms with Crippen LogP contribution >= 0.6 is 23.2 Å². The van der Waals surface area contributed by atoms with Crippen LogP contribution < -0.4 is 10.2 Å². The number of anilines is 1. The molecule has 150 valence electrons. The van der Waals surface area contributed by atoms with Crippen LogP contribution in [0.15, 0.2) is 65.8 Å². The smallest absolute Gasteiger partial charge is 0.166 e. The van der Waals surface area contributed by atoms with Gasteiger partial charge in [0.1, 0.15) is 0 Å². The molecule has 30 heavy (non-hydrogen) atoms. The summed E-state index contributed by atoms with van der Waals surface area (Å²) in [5.41, 5.74) is 4.83. The fourth-order valence-corrected chi connectivity index (χ4v) is 3.42. The number of nitrogens with one attached hydrogen (secondary N) is 1. The van der Waals surface area contributed by atoms with E-state index >= 15 is 0 Å². The van der Waals surface area contributed by atoms with Crippen molar-refractivity contribution in [1.29, 1.82) is 0 Å². The zero-order valence-corrected chi connectivity index (χ0v) is 17.3. The molecule has 0 saturated carbocycles. The molecule has 0 spiro atoms. The Labute approximate surface area is 182 Å². The molecule has 4 rings (SSSR count). The zero-order valence-electron chi connectivity index (χ0n) is 15.8. The van der Waals surface area contributed by atoms with E-state index in [0.717, 1.165) is 10.9 Å². The number of phenols is 1. The third kappa shape index (κ3) is 4.01. The fourth-order valence-electron chi connectivity index (χ4n) is 2.92. The monoisotopic (exact) mass is 438 g/mol. The number of hydrogen-bond acceptors (Lipinski definition) is 6. The Kier molecular flexibility index (Phi) is 5.70. The highest BCUT2D eigenvalue weighted by molar-refractivity contribution is 6.36. The van der Waals surface area contributed by atoms with Crippen LogP contribution in [0.25, 0.3) is 22.3 Å². The van der Waals surface area contributed by atoms with Crippen LogP contribution in [0, 0.1) is 0 Å². The number of ether oxygens (including phenoxy) is 1. The van der Waals surface area contributed by atoms with E-state index in [2.05, 4.69) is 20.5 Å². The molecule has 0 atom stereocenters. The molecule has 0 aliphatic heterocycles. The summed E-state index contributed by atoms with van der Waals surface area (Å²) in [4.78, 5) is 9.21. The van der Waals surface area contributed by atoms with Gasteiger partial charge in [0.15, 0.2) is 23.1 Å². The molecule has 0 saturated heterocycles. The predicted molar refractivity (Wildman–Crippen MR) is 121 cm³/mol. The topological polar surface area (TPSA) is 79.6 Å². The second-order valence-electron chi connectivity index (χ2n) is 6.31. The number of para-hydroxylation sites is 2. The van der Waals surface area contributed by atoms with Crippen molar-refractivity contribution in [1.82, 2.24) is 9.97 Å². The predicted octanol–water partition coefficient (Wildman–Crippen LogP) is 5.76. The van der Waals surface area contributed by atoms with Gasteiger partial charge >= 0.3 is 0 Å². The highest BCUT2D eigenvalue weighted by Crippen LogP contribution is 2.31. The van der Waals surface area contributed by atoms with Crippen molar-refractivity contribution >= 4 is 46.1 Å². The highest BCUT2D eigenvalue weighted by atomic mass is 35.5. The number of methoxy groups -OCH3 is 1. The maximum atomic E-state index is 10.2. The summed E-state index contributed by atoms with van der Waals surface area (Å²) < 4.78 is 5.12. The molecule has 0 aliphatic rings. The first-order valence-electron chi connectivity index (χ1n) is 8.94. The van der Waals surface area contributed by atoms with Crippen LogP contribution in [0.1, 0.15) is 5.56 Å². The number of aromatic nitrogens is 2. The van der Waals surface area contributed by atoms with E-state index in [1.807, 2.05) is 24.3 Å². The van der Waals surface area contributed by atoms with Crippen LogP contribution in [0.4, 0.5) is 5.82 Å². The fraction of sp³-hybridized carbons (Fsp3) is 0.0455. The molecule has 0 aliphatic carbocycles. The molecule has 2 N–H and O–H groups in total. The summed E-state index contributed by atoms with van der Waals surface area (Å²) in [6, 6.07) is 17.9. The number of phenolic OH excluding ortho intramolecular Hbond substituents is 1. The minimum atomic E-state index is 0.00623. The van der Waals surface area contributed by atoms with Gasteiger partial charge < -0.3 is 9.84 Å². The van der Waals surface area contributed by atoms with Gasteiger partial charge in [-0.25, -0.2) is 9.97 Å². The Morgan fingerprint density at radius 1 is 1.03 bits per heavy atom. The van der Waals surface area contributed by atoms with E-state index in [9.17, 15) is 5.11 Å². The van der Waals surface area contributed by atoms with Gasteiger partial charge in [-0.05, 0) is 42.5 Å². The lowest BCUT2D eigenvalue weighted by atomic mass is 10.2. The van der Waals surface area contributed by atoms with Crippen molar-refractivity contribution in [3.63, 3.8) is 0 Å². The summed E-state index contributed by atoms with van der Waals surface area (Å²) >= 11 is 12.3. The van der Waals surface area contributed by atoms with Gasteiger partial charge in [-0.3, -0.25) is 5.43 Å². The Balaban J connectivity index is 1.73. The number of rotatable bonds is 5. The van der Waals surface area contributed by atoms with Crippen molar-refractivity contribution in [2.24, 2.45) is 5.10 Å². The van der Waals surface area contributed by atoms with Crippen molar-refractivity contribution in [2.75, 3.05) is 12.5 Å². The highest BCUT2D eigenvalue weighted by Gasteiger charge is 2.12. The Hall–Kier alpha value is -3.35. The van der Waals surface area contributed by atoms with E-state index in [0.29, 0.717) is 38.6 Å². The molecule has 0 fully saturated rings. The molecule has 0 radical (unpaired) electrons. The first-order valence-corrected chi connectivity index (χ1v) is 9.69. The van der Waals surface area contributed by atoms with E-state index in [-0.39, 0.29) is 5.75 Å². The molecule has 4 aromatic rings. The van der Waals surface area contributed by atoms with Crippen LogP contribution in [0.5, 0.6) is 11.5 Å². The first kappa shape index (κ1) is 19.9. The zero-order chi connectivity index (χ0) is 21.1. The average molecular weight is 439 g/mol. The summed E-state index contributed by atoms with van der Waals surface area (Å²) in [5.74, 6) is 1.32. The normalized spacial score (nSPS) is 11.2. The maximum absolute atomic E-state index is 10.2. The van der Waals surface area contributed by atoms with Crippen LogP contribution in [-0.4, -0.2) is 28.4 Å². The minimum absolute atomic E-state index is 0.00623. The van der Waals surface area contributed by atoms with Crippen LogP contribution in [0.2, 0.25) is 10.0 Å².